The lowest BCUT2D eigenvalue weighted by Gasteiger charge is -2.12. The molecule has 18 heavy (non-hydrogen) atoms. The van der Waals surface area contributed by atoms with E-state index in [1.54, 1.807) is 7.11 Å². The van der Waals surface area contributed by atoms with Gasteiger partial charge in [-0.25, -0.2) is 0 Å². The summed E-state index contributed by atoms with van der Waals surface area (Å²) in [4.78, 5) is 0. The Labute approximate surface area is 107 Å². The minimum atomic E-state index is -0.0171. The average Bonchev–Trinajstić information content (AvgIpc) is 2.43. The van der Waals surface area contributed by atoms with E-state index in [4.69, 9.17) is 16.2 Å². The number of methoxy groups -OCH3 is 1. The average molecular weight is 245 g/mol. The fourth-order valence-corrected chi connectivity index (χ4v) is 1.79. The number of rotatable bonds is 5. The Bertz CT molecular complexity index is 527. The molecule has 0 aliphatic heterocycles. The summed E-state index contributed by atoms with van der Waals surface area (Å²) in [6, 6.07) is 12.2. The van der Waals surface area contributed by atoms with Crippen LogP contribution in [-0.4, -0.2) is 26.2 Å². The third kappa shape index (κ3) is 2.91. The highest BCUT2D eigenvalue weighted by molar-refractivity contribution is 5.86. The molecule has 5 N–H and O–H groups in total. The maximum atomic E-state index is 5.77. The number of hydrogen-bond acceptors (Lipinski definition) is 4. The molecule has 4 heteroatoms. The molecule has 0 radical (unpaired) electrons. The molecule has 0 aliphatic rings. The molecule has 0 aliphatic carbocycles. The zero-order valence-corrected chi connectivity index (χ0v) is 10.5. The van der Waals surface area contributed by atoms with Gasteiger partial charge in [0.25, 0.3) is 0 Å². The zero-order valence-electron chi connectivity index (χ0n) is 10.5. The maximum Gasteiger partial charge on any atom is 0.119 e. The molecule has 2 rings (SSSR count). The molecule has 2 aromatic rings. The van der Waals surface area contributed by atoms with Gasteiger partial charge < -0.3 is 21.5 Å². The smallest absolute Gasteiger partial charge is 0.119 e. The number of nitrogens with two attached hydrogens (primary N) is 2. The van der Waals surface area contributed by atoms with Gasteiger partial charge in [0.2, 0.25) is 0 Å². The standard InChI is InChI=1S/C14H19N3O/c1-18-14-5-3-10-6-13(4-2-11(10)7-14)17-9-12(16)8-15/h2-7,12,17H,8-9,15-16H2,1H3. The number of hydrogen-bond donors (Lipinski definition) is 3. The van der Waals surface area contributed by atoms with Crippen LogP contribution in [0.2, 0.25) is 0 Å². The van der Waals surface area contributed by atoms with Gasteiger partial charge in [-0.3, -0.25) is 0 Å². The number of ether oxygens (including phenoxy) is 1. The van der Waals surface area contributed by atoms with Crippen molar-refractivity contribution >= 4 is 16.5 Å². The van der Waals surface area contributed by atoms with E-state index in [0.717, 1.165) is 16.8 Å². The lowest BCUT2D eigenvalue weighted by atomic mass is 10.1. The third-order valence-corrected chi connectivity index (χ3v) is 2.92. The van der Waals surface area contributed by atoms with Gasteiger partial charge >= 0.3 is 0 Å². The summed E-state index contributed by atoms with van der Waals surface area (Å²) in [6.45, 7) is 1.16. The lowest BCUT2D eigenvalue weighted by molar-refractivity contribution is 0.415. The monoisotopic (exact) mass is 245 g/mol. The first-order chi connectivity index (χ1) is 8.72. The number of benzene rings is 2. The van der Waals surface area contributed by atoms with E-state index in [0.29, 0.717) is 13.1 Å². The van der Waals surface area contributed by atoms with E-state index in [9.17, 15) is 0 Å². The van der Waals surface area contributed by atoms with Crippen molar-refractivity contribution in [2.75, 3.05) is 25.5 Å². The summed E-state index contributed by atoms with van der Waals surface area (Å²) in [6.07, 6.45) is 0. The number of fused-ring (bicyclic) bond motifs is 1. The minimum absolute atomic E-state index is 0.0171. The summed E-state index contributed by atoms with van der Waals surface area (Å²) < 4.78 is 5.20. The molecule has 0 saturated carbocycles. The van der Waals surface area contributed by atoms with Crippen molar-refractivity contribution in [3.63, 3.8) is 0 Å². The van der Waals surface area contributed by atoms with Crippen LogP contribution in [0.3, 0.4) is 0 Å². The Morgan fingerprint density at radius 1 is 1.17 bits per heavy atom. The Morgan fingerprint density at radius 3 is 2.61 bits per heavy atom. The fraction of sp³-hybridized carbons (Fsp3) is 0.286. The first kappa shape index (κ1) is 12.7. The highest BCUT2D eigenvalue weighted by Gasteiger charge is 2.01. The van der Waals surface area contributed by atoms with Gasteiger partial charge in [0.1, 0.15) is 5.75 Å². The SMILES string of the molecule is COc1ccc2cc(NCC(N)CN)ccc2c1. The Hall–Kier alpha value is -1.78. The third-order valence-electron chi connectivity index (χ3n) is 2.92. The minimum Gasteiger partial charge on any atom is -0.497 e. The van der Waals surface area contributed by atoms with Gasteiger partial charge in [0.15, 0.2) is 0 Å². The van der Waals surface area contributed by atoms with Crippen molar-refractivity contribution in [3.05, 3.63) is 36.4 Å². The number of nitrogens with one attached hydrogen (secondary N) is 1. The van der Waals surface area contributed by atoms with Crippen LogP contribution in [0.4, 0.5) is 5.69 Å². The van der Waals surface area contributed by atoms with Gasteiger partial charge in [-0.2, -0.15) is 0 Å². The Morgan fingerprint density at radius 2 is 1.89 bits per heavy atom. The van der Waals surface area contributed by atoms with Gasteiger partial charge in [-0.05, 0) is 35.0 Å². The summed E-state index contributed by atoms with van der Waals surface area (Å²) in [5, 5.41) is 5.60. The van der Waals surface area contributed by atoms with E-state index in [1.165, 1.54) is 5.39 Å². The van der Waals surface area contributed by atoms with Crippen molar-refractivity contribution in [3.8, 4) is 5.75 Å². The maximum absolute atomic E-state index is 5.77. The van der Waals surface area contributed by atoms with Crippen molar-refractivity contribution < 1.29 is 4.74 Å². The molecule has 0 amide bonds. The zero-order chi connectivity index (χ0) is 13.0. The quantitative estimate of drug-likeness (QED) is 0.747. The molecular formula is C14H19N3O. The predicted octanol–water partition coefficient (Wildman–Crippen LogP) is 1.55. The molecule has 0 spiro atoms. The van der Waals surface area contributed by atoms with E-state index in [1.807, 2.05) is 24.3 Å². The van der Waals surface area contributed by atoms with Crippen LogP contribution in [0.5, 0.6) is 5.75 Å². The largest absolute Gasteiger partial charge is 0.497 e. The second kappa shape index (κ2) is 5.71. The molecule has 1 unspecified atom stereocenters. The van der Waals surface area contributed by atoms with Crippen molar-refractivity contribution in [2.45, 2.75) is 6.04 Å². The molecule has 0 bridgehead atoms. The molecule has 0 aromatic heterocycles. The molecule has 96 valence electrons. The predicted molar refractivity (Wildman–Crippen MR) is 76.0 cm³/mol. The first-order valence-corrected chi connectivity index (χ1v) is 6.00. The van der Waals surface area contributed by atoms with Crippen LogP contribution < -0.4 is 21.5 Å². The van der Waals surface area contributed by atoms with E-state index < -0.39 is 0 Å². The highest BCUT2D eigenvalue weighted by Crippen LogP contribution is 2.23. The van der Waals surface area contributed by atoms with Gasteiger partial charge in [0, 0.05) is 24.8 Å². The molecule has 4 nitrogen and oxygen atoms in total. The molecule has 0 fully saturated rings. The summed E-state index contributed by atoms with van der Waals surface area (Å²) in [7, 11) is 1.67. The van der Waals surface area contributed by atoms with Crippen molar-refractivity contribution in [1.29, 1.82) is 0 Å². The fourth-order valence-electron chi connectivity index (χ4n) is 1.79. The van der Waals surface area contributed by atoms with Crippen LogP contribution in [0.25, 0.3) is 10.8 Å². The van der Waals surface area contributed by atoms with Crippen LogP contribution in [0, 0.1) is 0 Å². The Kier molecular flexibility index (Phi) is 4.02. The molecule has 0 saturated heterocycles. The molecular weight excluding hydrogens is 226 g/mol. The first-order valence-electron chi connectivity index (χ1n) is 6.00. The second-order valence-corrected chi connectivity index (χ2v) is 4.30. The molecule has 1 atom stereocenters. The van der Waals surface area contributed by atoms with E-state index in [-0.39, 0.29) is 6.04 Å². The van der Waals surface area contributed by atoms with Crippen molar-refractivity contribution in [2.24, 2.45) is 11.5 Å². The Balaban J connectivity index is 2.17. The van der Waals surface area contributed by atoms with Crippen LogP contribution in [0.15, 0.2) is 36.4 Å². The van der Waals surface area contributed by atoms with Crippen LogP contribution >= 0.6 is 0 Å². The topological polar surface area (TPSA) is 73.3 Å². The molecule has 2 aromatic carbocycles. The van der Waals surface area contributed by atoms with Gasteiger partial charge in [-0.1, -0.05) is 12.1 Å². The second-order valence-electron chi connectivity index (χ2n) is 4.30. The number of anilines is 1. The van der Waals surface area contributed by atoms with E-state index in [2.05, 4.69) is 17.4 Å². The summed E-state index contributed by atoms with van der Waals surface area (Å²) in [5.41, 5.74) is 12.3. The van der Waals surface area contributed by atoms with Crippen LogP contribution in [0.1, 0.15) is 0 Å². The van der Waals surface area contributed by atoms with Crippen molar-refractivity contribution in [1.82, 2.24) is 0 Å². The lowest BCUT2D eigenvalue weighted by Crippen LogP contribution is -2.36. The molecule has 0 heterocycles. The van der Waals surface area contributed by atoms with Gasteiger partial charge in [-0.15, -0.1) is 0 Å². The van der Waals surface area contributed by atoms with E-state index >= 15 is 0 Å². The summed E-state index contributed by atoms with van der Waals surface area (Å²) in [5.74, 6) is 0.869. The highest BCUT2D eigenvalue weighted by atomic mass is 16.5. The normalized spacial score (nSPS) is 12.4. The van der Waals surface area contributed by atoms with Gasteiger partial charge in [0.05, 0.1) is 7.11 Å². The summed E-state index contributed by atoms with van der Waals surface area (Å²) >= 11 is 0. The van der Waals surface area contributed by atoms with Crippen LogP contribution in [-0.2, 0) is 0 Å².